The molecule has 0 fully saturated rings. The molecule has 0 amide bonds. The lowest BCUT2D eigenvalue weighted by atomic mass is 10.6. The van der Waals surface area contributed by atoms with E-state index in [1.54, 1.807) is 20.2 Å². The van der Waals surface area contributed by atoms with Gasteiger partial charge in [-0.1, -0.05) is 13.8 Å². The van der Waals surface area contributed by atoms with Crippen LogP contribution in [-0.2, 0) is 0 Å². The SMILES string of the molecule is C/C(N)=C/N(C)N.CC. The Bertz CT molecular complexity index is 72.4. The van der Waals surface area contributed by atoms with Crippen molar-refractivity contribution in [2.45, 2.75) is 20.8 Å². The predicted molar refractivity (Wildman–Crippen MR) is 41.2 cm³/mol. The Labute approximate surface area is 57.3 Å². The van der Waals surface area contributed by atoms with Crippen LogP contribution in [0.4, 0.5) is 0 Å². The molecule has 0 aliphatic rings. The molecule has 56 valence electrons. The first-order chi connectivity index (χ1) is 4.13. The molecule has 0 bridgehead atoms. The van der Waals surface area contributed by atoms with Gasteiger partial charge in [-0.15, -0.1) is 0 Å². The first-order valence-corrected chi connectivity index (χ1v) is 3.04. The number of hydrazine groups is 1. The van der Waals surface area contributed by atoms with E-state index in [9.17, 15) is 0 Å². The molecule has 9 heavy (non-hydrogen) atoms. The lowest BCUT2D eigenvalue weighted by molar-refractivity contribution is 0.480. The molecule has 0 saturated carbocycles. The van der Waals surface area contributed by atoms with Crippen LogP contribution in [0.15, 0.2) is 11.9 Å². The predicted octanol–water partition coefficient (Wildman–Crippen LogP) is 0.638. The fourth-order valence-corrected chi connectivity index (χ4v) is 0.321. The van der Waals surface area contributed by atoms with Crippen molar-refractivity contribution >= 4 is 0 Å². The average molecular weight is 131 g/mol. The van der Waals surface area contributed by atoms with Crippen LogP contribution in [0.5, 0.6) is 0 Å². The molecule has 0 aliphatic carbocycles. The van der Waals surface area contributed by atoms with Crippen LogP contribution in [0.3, 0.4) is 0 Å². The van der Waals surface area contributed by atoms with E-state index in [1.807, 2.05) is 13.8 Å². The zero-order chi connectivity index (χ0) is 7.86. The molecule has 0 spiro atoms. The highest BCUT2D eigenvalue weighted by molar-refractivity contribution is 4.88. The molecular weight excluding hydrogens is 114 g/mol. The van der Waals surface area contributed by atoms with Gasteiger partial charge in [0.2, 0.25) is 0 Å². The Kier molecular flexibility index (Phi) is 9.04. The van der Waals surface area contributed by atoms with Gasteiger partial charge in [0.1, 0.15) is 0 Å². The van der Waals surface area contributed by atoms with Crippen LogP contribution >= 0.6 is 0 Å². The molecule has 0 aromatic rings. The quantitative estimate of drug-likeness (QED) is 0.405. The second kappa shape index (κ2) is 7.30. The highest BCUT2D eigenvalue weighted by Gasteiger charge is 1.76. The zero-order valence-electron chi connectivity index (χ0n) is 6.68. The summed E-state index contributed by atoms with van der Waals surface area (Å²) in [6.07, 6.45) is 1.64. The van der Waals surface area contributed by atoms with Crippen molar-refractivity contribution in [3.05, 3.63) is 11.9 Å². The summed E-state index contributed by atoms with van der Waals surface area (Å²) in [6, 6.07) is 0. The number of nitrogens with zero attached hydrogens (tertiary/aromatic N) is 1. The molecule has 3 heteroatoms. The van der Waals surface area contributed by atoms with Crippen molar-refractivity contribution in [3.8, 4) is 0 Å². The van der Waals surface area contributed by atoms with Gasteiger partial charge in [-0.2, -0.15) is 0 Å². The number of hydrogen-bond donors (Lipinski definition) is 2. The summed E-state index contributed by atoms with van der Waals surface area (Å²) in [7, 11) is 1.72. The van der Waals surface area contributed by atoms with Gasteiger partial charge < -0.3 is 10.7 Å². The fourth-order valence-electron chi connectivity index (χ4n) is 0.321. The standard InChI is InChI=1S/C4H11N3.C2H6/c1-4(5)3-7(2)6;1-2/h3H,5-6H2,1-2H3;1-2H3/b4-3-;. The minimum atomic E-state index is 0.713. The Morgan fingerprint density at radius 1 is 1.44 bits per heavy atom. The number of hydrogen-bond acceptors (Lipinski definition) is 3. The Morgan fingerprint density at radius 3 is 1.78 bits per heavy atom. The average Bonchev–Trinajstić information content (AvgIpc) is 1.68. The van der Waals surface area contributed by atoms with E-state index in [1.165, 1.54) is 5.01 Å². The van der Waals surface area contributed by atoms with Crippen molar-refractivity contribution in [2.24, 2.45) is 11.6 Å². The minimum Gasteiger partial charge on any atom is -0.401 e. The van der Waals surface area contributed by atoms with E-state index in [0.29, 0.717) is 5.70 Å². The van der Waals surface area contributed by atoms with Crippen molar-refractivity contribution in [2.75, 3.05) is 7.05 Å². The largest absolute Gasteiger partial charge is 0.401 e. The smallest absolute Gasteiger partial charge is 0.0336 e. The van der Waals surface area contributed by atoms with Gasteiger partial charge in [-0.3, -0.25) is 0 Å². The molecule has 0 unspecified atom stereocenters. The molecular formula is C6H17N3. The van der Waals surface area contributed by atoms with Crippen molar-refractivity contribution in [1.29, 1.82) is 0 Å². The number of nitrogens with two attached hydrogens (primary N) is 2. The third-order valence-electron chi connectivity index (χ3n) is 0.407. The van der Waals surface area contributed by atoms with E-state index in [0.717, 1.165) is 0 Å². The van der Waals surface area contributed by atoms with Crippen molar-refractivity contribution < 1.29 is 0 Å². The topological polar surface area (TPSA) is 55.3 Å². The van der Waals surface area contributed by atoms with Crippen LogP contribution in [0.2, 0.25) is 0 Å². The zero-order valence-corrected chi connectivity index (χ0v) is 6.68. The molecule has 0 aliphatic heterocycles. The normalized spacial score (nSPS) is 9.67. The van der Waals surface area contributed by atoms with Gasteiger partial charge in [0.15, 0.2) is 0 Å². The van der Waals surface area contributed by atoms with Crippen molar-refractivity contribution in [1.82, 2.24) is 5.01 Å². The summed E-state index contributed by atoms with van der Waals surface area (Å²) >= 11 is 0. The number of allylic oxidation sites excluding steroid dienone is 1. The number of rotatable bonds is 1. The van der Waals surface area contributed by atoms with Crippen LogP contribution < -0.4 is 11.6 Å². The Morgan fingerprint density at radius 2 is 1.78 bits per heavy atom. The van der Waals surface area contributed by atoms with Crippen molar-refractivity contribution in [3.63, 3.8) is 0 Å². The van der Waals surface area contributed by atoms with Gasteiger partial charge in [0.05, 0.1) is 0 Å². The second-order valence-electron chi connectivity index (χ2n) is 1.54. The van der Waals surface area contributed by atoms with Gasteiger partial charge in [0, 0.05) is 18.9 Å². The third kappa shape index (κ3) is 18.8. The van der Waals surface area contributed by atoms with E-state index in [-0.39, 0.29) is 0 Å². The summed E-state index contributed by atoms with van der Waals surface area (Å²) in [6.45, 7) is 5.78. The van der Waals surface area contributed by atoms with Crippen LogP contribution in [0.1, 0.15) is 20.8 Å². The Hall–Kier alpha value is -0.700. The summed E-state index contributed by atoms with van der Waals surface area (Å²) in [4.78, 5) is 0. The molecule has 3 nitrogen and oxygen atoms in total. The third-order valence-corrected chi connectivity index (χ3v) is 0.407. The molecule has 0 atom stereocenters. The van der Waals surface area contributed by atoms with Gasteiger partial charge >= 0.3 is 0 Å². The lowest BCUT2D eigenvalue weighted by Gasteiger charge is -2.03. The first kappa shape index (κ1) is 11.1. The Balaban J connectivity index is 0. The maximum atomic E-state index is 5.23. The minimum absolute atomic E-state index is 0.713. The highest BCUT2D eigenvalue weighted by atomic mass is 15.4. The van der Waals surface area contributed by atoms with E-state index >= 15 is 0 Å². The van der Waals surface area contributed by atoms with Gasteiger partial charge in [-0.05, 0) is 6.92 Å². The molecule has 0 heterocycles. The monoisotopic (exact) mass is 131 g/mol. The lowest BCUT2D eigenvalue weighted by Crippen LogP contribution is -2.20. The summed E-state index contributed by atoms with van der Waals surface area (Å²) < 4.78 is 0. The maximum Gasteiger partial charge on any atom is 0.0336 e. The molecule has 0 rings (SSSR count). The van der Waals surface area contributed by atoms with Gasteiger partial charge in [-0.25, -0.2) is 5.84 Å². The highest BCUT2D eigenvalue weighted by Crippen LogP contribution is 1.77. The summed E-state index contributed by atoms with van der Waals surface area (Å²) in [5.41, 5.74) is 5.95. The van der Waals surface area contributed by atoms with Gasteiger partial charge in [0.25, 0.3) is 0 Å². The van der Waals surface area contributed by atoms with Crippen LogP contribution in [0.25, 0.3) is 0 Å². The van der Waals surface area contributed by atoms with E-state index in [2.05, 4.69) is 0 Å². The molecule has 0 aromatic heterocycles. The summed E-state index contributed by atoms with van der Waals surface area (Å²) in [5.74, 6) is 5.17. The maximum absolute atomic E-state index is 5.23. The molecule has 4 N–H and O–H groups in total. The van der Waals surface area contributed by atoms with Crippen LogP contribution in [0, 0.1) is 0 Å². The van der Waals surface area contributed by atoms with Crippen LogP contribution in [-0.4, -0.2) is 12.1 Å². The molecule has 0 saturated heterocycles. The van der Waals surface area contributed by atoms with E-state index in [4.69, 9.17) is 11.6 Å². The second-order valence-corrected chi connectivity index (χ2v) is 1.54. The molecule has 0 aromatic carbocycles. The molecule has 0 radical (unpaired) electrons. The summed E-state index contributed by atoms with van der Waals surface area (Å²) in [5, 5.41) is 1.41. The first-order valence-electron chi connectivity index (χ1n) is 3.04. The van der Waals surface area contributed by atoms with E-state index < -0.39 is 0 Å². The fraction of sp³-hybridized carbons (Fsp3) is 0.667.